The molecule has 0 aromatic heterocycles. The van der Waals surface area contributed by atoms with Gasteiger partial charge in [0.1, 0.15) is 0 Å². The van der Waals surface area contributed by atoms with E-state index in [-0.39, 0.29) is 0 Å². The van der Waals surface area contributed by atoms with Crippen LogP contribution in [0.25, 0.3) is 0 Å². The molecule has 0 aromatic rings. The van der Waals surface area contributed by atoms with Crippen molar-refractivity contribution in [2.45, 2.75) is 38.8 Å². The second-order valence-electron chi connectivity index (χ2n) is 5.91. The van der Waals surface area contributed by atoms with E-state index >= 15 is 0 Å². The number of halogens is 3. The predicted molar refractivity (Wildman–Crippen MR) is 88.6 cm³/mol. The number of nitrogens with zero attached hydrogens (tertiary/aromatic N) is 2. The van der Waals surface area contributed by atoms with E-state index in [9.17, 15) is 13.2 Å². The van der Waals surface area contributed by atoms with Crippen molar-refractivity contribution in [2.24, 2.45) is 10.9 Å². The molecule has 1 rings (SSSR count). The Balaban J connectivity index is 2.14. The maximum atomic E-state index is 12.3. The lowest BCUT2D eigenvalue weighted by Crippen LogP contribution is -2.41. The number of piperidine rings is 1. The second kappa shape index (κ2) is 10.5. The minimum absolute atomic E-state index is 0.494. The molecule has 0 saturated carbocycles. The Morgan fingerprint density at radius 3 is 2.43 bits per heavy atom. The van der Waals surface area contributed by atoms with Gasteiger partial charge in [-0.1, -0.05) is 12.2 Å². The molecule has 134 valence electrons. The summed E-state index contributed by atoms with van der Waals surface area (Å²) >= 11 is 0. The number of alkyl halides is 3. The summed E-state index contributed by atoms with van der Waals surface area (Å²) in [5, 5.41) is 6.49. The molecule has 0 bridgehead atoms. The lowest BCUT2D eigenvalue weighted by atomic mass is 9.93. The molecule has 23 heavy (non-hydrogen) atoms. The van der Waals surface area contributed by atoms with Gasteiger partial charge < -0.3 is 10.6 Å². The summed E-state index contributed by atoms with van der Waals surface area (Å²) in [5.74, 6) is 1.28. The molecule has 1 aliphatic heterocycles. The normalized spacial score (nSPS) is 18.6. The van der Waals surface area contributed by atoms with Gasteiger partial charge in [-0.15, -0.1) is 0 Å². The highest BCUT2D eigenvalue weighted by Crippen LogP contribution is 2.23. The molecule has 0 unspecified atom stereocenters. The Morgan fingerprint density at radius 1 is 1.22 bits per heavy atom. The number of nitrogens with one attached hydrogen (secondary N) is 2. The van der Waals surface area contributed by atoms with Gasteiger partial charge in [-0.25, -0.2) is 0 Å². The molecule has 1 aliphatic rings. The van der Waals surface area contributed by atoms with Crippen LogP contribution in [0.4, 0.5) is 13.2 Å². The first-order valence-electron chi connectivity index (χ1n) is 8.29. The molecule has 1 heterocycles. The van der Waals surface area contributed by atoms with Crippen LogP contribution < -0.4 is 10.6 Å². The third kappa shape index (κ3) is 9.48. The summed E-state index contributed by atoms with van der Waals surface area (Å²) in [6, 6.07) is 0. The molecule has 1 saturated heterocycles. The van der Waals surface area contributed by atoms with Crippen LogP contribution in [0.5, 0.6) is 0 Å². The van der Waals surface area contributed by atoms with Crippen molar-refractivity contribution in [3.8, 4) is 0 Å². The van der Waals surface area contributed by atoms with Gasteiger partial charge in [-0.05, 0) is 51.6 Å². The molecular formula is C16H29F3N4. The molecule has 4 nitrogen and oxygen atoms in total. The summed E-state index contributed by atoms with van der Waals surface area (Å²) in [6.45, 7) is 3.93. The van der Waals surface area contributed by atoms with Crippen molar-refractivity contribution in [3.63, 3.8) is 0 Å². The van der Waals surface area contributed by atoms with E-state index in [1.807, 2.05) is 13.0 Å². The third-order valence-corrected chi connectivity index (χ3v) is 4.02. The number of rotatable bonds is 7. The fourth-order valence-electron chi connectivity index (χ4n) is 2.74. The van der Waals surface area contributed by atoms with Gasteiger partial charge in [-0.2, -0.15) is 13.2 Å². The zero-order valence-electron chi connectivity index (χ0n) is 14.1. The summed E-state index contributed by atoms with van der Waals surface area (Å²) in [7, 11) is 1.74. The molecule has 0 radical (unpaired) electrons. The Morgan fingerprint density at radius 2 is 1.87 bits per heavy atom. The van der Waals surface area contributed by atoms with E-state index in [0.717, 1.165) is 44.7 Å². The van der Waals surface area contributed by atoms with Crippen molar-refractivity contribution in [3.05, 3.63) is 12.2 Å². The highest BCUT2D eigenvalue weighted by atomic mass is 19.4. The average molecular weight is 334 g/mol. The van der Waals surface area contributed by atoms with E-state index in [2.05, 4.69) is 21.7 Å². The summed E-state index contributed by atoms with van der Waals surface area (Å²) < 4.78 is 37.0. The second-order valence-corrected chi connectivity index (χ2v) is 5.91. The van der Waals surface area contributed by atoms with Gasteiger partial charge in [0.25, 0.3) is 0 Å². The van der Waals surface area contributed by atoms with E-state index in [0.29, 0.717) is 19.0 Å². The van der Waals surface area contributed by atoms with Gasteiger partial charge in [0.2, 0.25) is 0 Å². The zero-order valence-corrected chi connectivity index (χ0v) is 14.1. The minimum Gasteiger partial charge on any atom is -0.356 e. The first kappa shape index (κ1) is 19.8. The number of likely N-dealkylation sites (tertiary alicyclic amines) is 1. The van der Waals surface area contributed by atoms with Gasteiger partial charge in [0.05, 0.1) is 6.54 Å². The quantitative estimate of drug-likeness (QED) is 0.325. The van der Waals surface area contributed by atoms with Crippen LogP contribution in [0.3, 0.4) is 0 Å². The number of allylic oxidation sites excluding steroid dienone is 1. The monoisotopic (exact) mass is 334 g/mol. The van der Waals surface area contributed by atoms with Crippen LogP contribution in [0, 0.1) is 5.92 Å². The van der Waals surface area contributed by atoms with Crippen LogP contribution in [-0.4, -0.2) is 56.8 Å². The van der Waals surface area contributed by atoms with Gasteiger partial charge >= 0.3 is 6.18 Å². The molecular weight excluding hydrogens is 305 g/mol. The number of hydrogen-bond acceptors (Lipinski definition) is 2. The van der Waals surface area contributed by atoms with Crippen molar-refractivity contribution in [1.82, 2.24) is 15.5 Å². The van der Waals surface area contributed by atoms with Gasteiger partial charge in [-0.3, -0.25) is 9.89 Å². The number of hydrogen-bond donors (Lipinski definition) is 2. The van der Waals surface area contributed by atoms with Crippen LogP contribution in [-0.2, 0) is 0 Å². The lowest BCUT2D eigenvalue weighted by molar-refractivity contribution is -0.148. The van der Waals surface area contributed by atoms with Crippen LogP contribution in [0.1, 0.15) is 32.6 Å². The highest BCUT2D eigenvalue weighted by Gasteiger charge is 2.32. The first-order valence-corrected chi connectivity index (χ1v) is 8.29. The number of guanidine groups is 1. The molecule has 0 aliphatic carbocycles. The minimum atomic E-state index is -4.08. The SMILES string of the molecule is C/C=C/CCNC(=NC)NCCC1CCN(CC(F)(F)F)CC1. The zero-order chi connectivity index (χ0) is 17.1. The van der Waals surface area contributed by atoms with Crippen molar-refractivity contribution in [1.29, 1.82) is 0 Å². The van der Waals surface area contributed by atoms with Crippen molar-refractivity contribution < 1.29 is 13.2 Å². The Hall–Kier alpha value is -1.24. The van der Waals surface area contributed by atoms with E-state index in [4.69, 9.17) is 0 Å². The predicted octanol–water partition coefficient (Wildman–Crippen LogP) is 2.78. The van der Waals surface area contributed by atoms with Crippen molar-refractivity contribution in [2.75, 3.05) is 39.8 Å². The highest BCUT2D eigenvalue weighted by molar-refractivity contribution is 5.79. The standard InChI is InChI=1S/C16H29F3N4/c1-3-4-5-9-21-15(20-2)22-10-6-14-7-11-23(12-8-14)13-16(17,18)19/h3-4,14H,5-13H2,1-2H3,(H2,20,21,22)/b4-3+. The maximum absolute atomic E-state index is 12.3. The average Bonchev–Trinajstić information content (AvgIpc) is 2.50. The molecule has 0 amide bonds. The molecule has 1 fully saturated rings. The molecule has 0 aromatic carbocycles. The fraction of sp³-hybridized carbons (Fsp3) is 0.812. The summed E-state index contributed by atoms with van der Waals surface area (Å²) in [4.78, 5) is 5.66. The van der Waals surface area contributed by atoms with Crippen molar-refractivity contribution >= 4 is 5.96 Å². The Bertz CT molecular complexity index is 372. The molecule has 0 spiro atoms. The van der Waals surface area contributed by atoms with Gasteiger partial charge in [0.15, 0.2) is 5.96 Å². The molecule has 2 N–H and O–H groups in total. The smallest absolute Gasteiger partial charge is 0.356 e. The summed E-state index contributed by atoms with van der Waals surface area (Å²) in [5.41, 5.74) is 0. The Kier molecular flexibility index (Phi) is 9.06. The van der Waals surface area contributed by atoms with Crippen LogP contribution in [0.15, 0.2) is 17.1 Å². The number of aliphatic imine (C=N–C) groups is 1. The van der Waals surface area contributed by atoms with Crippen LogP contribution >= 0.6 is 0 Å². The largest absolute Gasteiger partial charge is 0.401 e. The lowest BCUT2D eigenvalue weighted by Gasteiger charge is -2.32. The topological polar surface area (TPSA) is 39.7 Å². The molecule has 7 heteroatoms. The van der Waals surface area contributed by atoms with Crippen LogP contribution in [0.2, 0.25) is 0 Å². The van der Waals surface area contributed by atoms with E-state index < -0.39 is 12.7 Å². The molecule has 0 atom stereocenters. The summed E-state index contributed by atoms with van der Waals surface area (Å²) in [6.07, 6.45) is 3.62. The van der Waals surface area contributed by atoms with Gasteiger partial charge in [0, 0.05) is 20.1 Å². The first-order chi connectivity index (χ1) is 10.9. The maximum Gasteiger partial charge on any atom is 0.401 e. The third-order valence-electron chi connectivity index (χ3n) is 4.02. The fourth-order valence-corrected chi connectivity index (χ4v) is 2.74. The van der Waals surface area contributed by atoms with E-state index in [1.165, 1.54) is 4.90 Å². The Labute approximate surface area is 137 Å². The van der Waals surface area contributed by atoms with E-state index in [1.54, 1.807) is 7.05 Å².